The quantitative estimate of drug-likeness (QED) is 0.807. The summed E-state index contributed by atoms with van der Waals surface area (Å²) in [5.41, 5.74) is 0.262. The second kappa shape index (κ2) is 4.84. The van der Waals surface area contributed by atoms with E-state index in [0.29, 0.717) is 5.02 Å². The van der Waals surface area contributed by atoms with Crippen molar-refractivity contribution in [2.45, 2.75) is 0 Å². The number of nitrogens with zero attached hydrogens (tertiary/aromatic N) is 4. The van der Waals surface area contributed by atoms with Crippen LogP contribution >= 0.6 is 11.6 Å². The third-order valence-electron chi connectivity index (χ3n) is 2.03. The molecule has 2 rings (SSSR count). The number of aliphatic carboxylic acids is 1. The molecule has 0 spiro atoms. The van der Waals surface area contributed by atoms with Gasteiger partial charge in [0.15, 0.2) is 5.82 Å². The van der Waals surface area contributed by atoms with Crippen molar-refractivity contribution >= 4 is 23.6 Å². The Balaban J connectivity index is 2.48. The fourth-order valence-electron chi connectivity index (χ4n) is 1.28. The van der Waals surface area contributed by atoms with E-state index in [9.17, 15) is 9.90 Å². The summed E-state index contributed by atoms with van der Waals surface area (Å²) in [5.74, 6) is -1.04. The number of carboxylic acids is 1. The number of hydrogen-bond donors (Lipinski definition) is 2. The van der Waals surface area contributed by atoms with Crippen molar-refractivity contribution in [2.24, 2.45) is 0 Å². The Labute approximate surface area is 106 Å². The van der Waals surface area contributed by atoms with Gasteiger partial charge in [0.2, 0.25) is 0 Å². The van der Waals surface area contributed by atoms with Crippen LogP contribution in [0.5, 0.6) is 5.75 Å². The third kappa shape index (κ3) is 2.46. The van der Waals surface area contributed by atoms with Crippen LogP contribution in [0, 0.1) is 0 Å². The van der Waals surface area contributed by atoms with E-state index in [1.165, 1.54) is 29.0 Å². The summed E-state index contributed by atoms with van der Waals surface area (Å²) >= 11 is 5.81. The van der Waals surface area contributed by atoms with Crippen molar-refractivity contribution in [1.29, 1.82) is 0 Å². The van der Waals surface area contributed by atoms with Crippen molar-refractivity contribution < 1.29 is 15.0 Å². The average molecular weight is 267 g/mol. The van der Waals surface area contributed by atoms with Gasteiger partial charge in [-0.3, -0.25) is 0 Å². The second-order valence-corrected chi connectivity index (χ2v) is 3.69. The minimum atomic E-state index is -1.13. The van der Waals surface area contributed by atoms with Gasteiger partial charge in [0.05, 0.1) is 0 Å². The predicted molar refractivity (Wildman–Crippen MR) is 62.5 cm³/mol. The van der Waals surface area contributed by atoms with Gasteiger partial charge in [-0.15, -0.1) is 5.10 Å². The van der Waals surface area contributed by atoms with Crippen LogP contribution in [0.15, 0.2) is 24.3 Å². The highest BCUT2D eigenvalue weighted by Gasteiger charge is 2.10. The van der Waals surface area contributed by atoms with Crippen LogP contribution < -0.4 is 0 Å². The Morgan fingerprint density at radius 3 is 2.94 bits per heavy atom. The van der Waals surface area contributed by atoms with Crippen LogP contribution in [-0.4, -0.2) is 36.4 Å². The van der Waals surface area contributed by atoms with Crippen LogP contribution in [-0.2, 0) is 4.79 Å². The molecule has 0 saturated heterocycles. The van der Waals surface area contributed by atoms with Gasteiger partial charge in [-0.2, -0.15) is 4.68 Å². The van der Waals surface area contributed by atoms with Gasteiger partial charge in [0.25, 0.3) is 0 Å². The number of benzene rings is 1. The Bertz CT molecular complexity index is 623. The van der Waals surface area contributed by atoms with Gasteiger partial charge in [-0.05, 0) is 34.7 Å². The fourth-order valence-corrected chi connectivity index (χ4v) is 1.45. The molecule has 0 aliphatic heterocycles. The lowest BCUT2D eigenvalue weighted by Crippen LogP contribution is -2.00. The number of hydrogen-bond acceptors (Lipinski definition) is 5. The molecule has 8 heteroatoms. The highest BCUT2D eigenvalue weighted by Crippen LogP contribution is 2.25. The van der Waals surface area contributed by atoms with Crippen molar-refractivity contribution in [3.8, 4) is 11.4 Å². The number of phenolic OH excluding ortho intramolecular Hbond substituents is 1. The number of carboxylic acid groups (broad SMARTS) is 1. The summed E-state index contributed by atoms with van der Waals surface area (Å²) in [6, 6.07) is 4.37. The average Bonchev–Trinajstić information content (AvgIpc) is 2.77. The molecule has 0 radical (unpaired) electrons. The Hall–Kier alpha value is -2.41. The minimum absolute atomic E-state index is 0.0725. The van der Waals surface area contributed by atoms with Crippen LogP contribution in [0.3, 0.4) is 0 Å². The van der Waals surface area contributed by atoms with E-state index in [1.54, 1.807) is 0 Å². The van der Waals surface area contributed by atoms with Crippen LogP contribution in [0.25, 0.3) is 11.8 Å². The smallest absolute Gasteiger partial charge is 0.328 e. The van der Waals surface area contributed by atoms with E-state index in [0.717, 1.165) is 6.08 Å². The molecule has 7 nitrogen and oxygen atoms in total. The zero-order valence-electron chi connectivity index (χ0n) is 8.86. The number of halogens is 1. The number of rotatable bonds is 3. The van der Waals surface area contributed by atoms with Crippen LogP contribution in [0.1, 0.15) is 5.82 Å². The predicted octanol–water partition coefficient (Wildman–Crippen LogP) is 1.12. The van der Waals surface area contributed by atoms with Gasteiger partial charge in [0, 0.05) is 11.1 Å². The van der Waals surface area contributed by atoms with E-state index in [4.69, 9.17) is 16.7 Å². The number of phenols is 1. The van der Waals surface area contributed by atoms with Gasteiger partial charge >= 0.3 is 5.97 Å². The monoisotopic (exact) mass is 266 g/mol. The summed E-state index contributed by atoms with van der Waals surface area (Å²) < 4.78 is 1.18. The maximum absolute atomic E-state index is 10.4. The summed E-state index contributed by atoms with van der Waals surface area (Å²) in [6.45, 7) is 0. The molecule has 2 aromatic rings. The Morgan fingerprint density at radius 1 is 1.44 bits per heavy atom. The zero-order valence-corrected chi connectivity index (χ0v) is 9.61. The van der Waals surface area contributed by atoms with Gasteiger partial charge < -0.3 is 10.2 Å². The number of carbonyl (C=O) groups is 1. The SMILES string of the molecule is O=C(O)/C=C/c1nnnn1-c1cc(Cl)ccc1O. The second-order valence-electron chi connectivity index (χ2n) is 3.25. The van der Waals surface area contributed by atoms with Crippen molar-refractivity contribution in [1.82, 2.24) is 20.2 Å². The summed E-state index contributed by atoms with van der Waals surface area (Å²) in [4.78, 5) is 10.4. The lowest BCUT2D eigenvalue weighted by molar-refractivity contribution is -0.131. The minimum Gasteiger partial charge on any atom is -0.506 e. The summed E-state index contributed by atoms with van der Waals surface area (Å²) in [5, 5.41) is 29.3. The molecule has 92 valence electrons. The molecule has 2 N–H and O–H groups in total. The number of aromatic hydroxyl groups is 1. The molecule has 1 aromatic carbocycles. The standard InChI is InChI=1S/C10H7ClN4O3/c11-6-1-2-8(16)7(5-6)15-9(12-13-14-15)3-4-10(17)18/h1-5,16H,(H,17,18)/b4-3+. The van der Waals surface area contributed by atoms with E-state index < -0.39 is 5.97 Å². The summed E-state index contributed by atoms with van der Waals surface area (Å²) in [6.07, 6.45) is 2.10. The van der Waals surface area contributed by atoms with Crippen LogP contribution in [0.4, 0.5) is 0 Å². The number of aromatic nitrogens is 4. The van der Waals surface area contributed by atoms with E-state index >= 15 is 0 Å². The zero-order chi connectivity index (χ0) is 13.1. The van der Waals surface area contributed by atoms with Crippen molar-refractivity contribution in [2.75, 3.05) is 0 Å². The summed E-state index contributed by atoms with van der Waals surface area (Å²) in [7, 11) is 0. The topological polar surface area (TPSA) is 101 Å². The van der Waals surface area contributed by atoms with E-state index in [-0.39, 0.29) is 17.3 Å². The first kappa shape index (κ1) is 12.1. The lowest BCUT2D eigenvalue weighted by atomic mass is 10.3. The maximum Gasteiger partial charge on any atom is 0.328 e. The van der Waals surface area contributed by atoms with Crippen LogP contribution in [0.2, 0.25) is 5.02 Å². The normalized spacial score (nSPS) is 10.9. The highest BCUT2D eigenvalue weighted by atomic mass is 35.5. The molecule has 0 amide bonds. The molecule has 0 atom stereocenters. The molecule has 1 heterocycles. The number of tetrazole rings is 1. The molecule has 18 heavy (non-hydrogen) atoms. The fraction of sp³-hybridized carbons (Fsp3) is 0. The molecule has 0 saturated carbocycles. The molecule has 1 aromatic heterocycles. The van der Waals surface area contributed by atoms with Gasteiger partial charge in [0.1, 0.15) is 11.4 Å². The highest BCUT2D eigenvalue weighted by molar-refractivity contribution is 6.30. The van der Waals surface area contributed by atoms with E-state index in [2.05, 4.69) is 15.5 Å². The Kier molecular flexibility index (Phi) is 3.24. The molecule has 0 fully saturated rings. The lowest BCUT2D eigenvalue weighted by Gasteiger charge is -2.04. The molecule has 0 aliphatic rings. The van der Waals surface area contributed by atoms with Crippen molar-refractivity contribution in [3.05, 3.63) is 35.1 Å². The van der Waals surface area contributed by atoms with Gasteiger partial charge in [-0.1, -0.05) is 11.6 Å². The first-order chi connectivity index (χ1) is 8.58. The molecular weight excluding hydrogens is 260 g/mol. The largest absolute Gasteiger partial charge is 0.506 e. The van der Waals surface area contributed by atoms with Gasteiger partial charge in [-0.25, -0.2) is 4.79 Å². The first-order valence-electron chi connectivity index (χ1n) is 4.76. The first-order valence-corrected chi connectivity index (χ1v) is 5.14. The third-order valence-corrected chi connectivity index (χ3v) is 2.27. The molecular formula is C10H7ClN4O3. The molecule has 0 bridgehead atoms. The molecule has 0 aliphatic carbocycles. The Morgan fingerprint density at radius 2 is 2.22 bits per heavy atom. The maximum atomic E-state index is 10.4. The molecule has 0 unspecified atom stereocenters. The van der Waals surface area contributed by atoms with E-state index in [1.807, 2.05) is 0 Å². The van der Waals surface area contributed by atoms with Crippen molar-refractivity contribution in [3.63, 3.8) is 0 Å².